The maximum absolute atomic E-state index is 10.0. The van der Waals surface area contributed by atoms with Crippen LogP contribution >= 0.6 is 0 Å². The quantitative estimate of drug-likeness (QED) is 0.297. The first-order chi connectivity index (χ1) is 11.5. The van der Waals surface area contributed by atoms with Crippen LogP contribution in [0.4, 0.5) is 0 Å². The SMILES string of the molecule is OCC1=C[C@H](O)C2C=CO[C@@H](O[C@@H]3O[C@H](CO)[C@@H](O)[C@H](O)[C@H]3O)C12. The molecule has 0 aromatic carbocycles. The lowest BCUT2D eigenvalue weighted by Gasteiger charge is -2.42. The molecule has 0 aromatic rings. The average molecular weight is 346 g/mol. The topological polar surface area (TPSA) is 149 Å². The fraction of sp³-hybridized carbons (Fsp3) is 0.733. The molecule has 2 unspecified atom stereocenters. The normalized spacial score (nSPS) is 47.9. The summed E-state index contributed by atoms with van der Waals surface area (Å²) in [6, 6.07) is 0. The van der Waals surface area contributed by atoms with E-state index in [1.807, 2.05) is 0 Å². The molecule has 2 heterocycles. The van der Waals surface area contributed by atoms with E-state index in [1.54, 1.807) is 6.08 Å². The first-order valence-electron chi connectivity index (χ1n) is 7.75. The van der Waals surface area contributed by atoms with Crippen molar-refractivity contribution < 1.29 is 44.8 Å². The van der Waals surface area contributed by atoms with Crippen molar-refractivity contribution in [3.05, 3.63) is 24.0 Å². The van der Waals surface area contributed by atoms with Crippen LogP contribution in [0.15, 0.2) is 24.0 Å². The Bertz CT molecular complexity index is 505. The van der Waals surface area contributed by atoms with Gasteiger partial charge in [0.15, 0.2) is 6.29 Å². The number of ether oxygens (including phenoxy) is 3. The van der Waals surface area contributed by atoms with Crippen LogP contribution in [0.5, 0.6) is 0 Å². The molecule has 1 fully saturated rings. The predicted molar refractivity (Wildman–Crippen MR) is 77.0 cm³/mol. The molecule has 3 rings (SSSR count). The van der Waals surface area contributed by atoms with Crippen molar-refractivity contribution in [1.82, 2.24) is 0 Å². The van der Waals surface area contributed by atoms with E-state index in [0.717, 1.165) is 0 Å². The Morgan fingerprint density at radius 2 is 1.75 bits per heavy atom. The molecule has 0 bridgehead atoms. The van der Waals surface area contributed by atoms with Crippen molar-refractivity contribution in [2.75, 3.05) is 13.2 Å². The molecule has 0 amide bonds. The highest BCUT2D eigenvalue weighted by Crippen LogP contribution is 2.40. The Hall–Kier alpha value is -1.04. The van der Waals surface area contributed by atoms with E-state index < -0.39 is 55.6 Å². The number of hydrogen-bond acceptors (Lipinski definition) is 9. The molecule has 9 heteroatoms. The van der Waals surface area contributed by atoms with Crippen molar-refractivity contribution in [2.45, 2.75) is 43.1 Å². The van der Waals surface area contributed by atoms with Crippen molar-refractivity contribution in [1.29, 1.82) is 0 Å². The third-order valence-corrected chi connectivity index (χ3v) is 4.73. The monoisotopic (exact) mass is 346 g/mol. The van der Waals surface area contributed by atoms with E-state index in [0.29, 0.717) is 5.57 Å². The van der Waals surface area contributed by atoms with Gasteiger partial charge in [-0.2, -0.15) is 0 Å². The van der Waals surface area contributed by atoms with E-state index in [4.69, 9.17) is 14.2 Å². The van der Waals surface area contributed by atoms with Crippen molar-refractivity contribution in [2.24, 2.45) is 11.8 Å². The first kappa shape index (κ1) is 17.8. The average Bonchev–Trinajstić information content (AvgIpc) is 2.92. The van der Waals surface area contributed by atoms with Gasteiger partial charge in [-0.25, -0.2) is 0 Å². The summed E-state index contributed by atoms with van der Waals surface area (Å²) in [6.45, 7) is -0.854. The first-order valence-corrected chi connectivity index (χ1v) is 7.75. The van der Waals surface area contributed by atoms with Crippen LogP contribution in [0.1, 0.15) is 0 Å². The summed E-state index contributed by atoms with van der Waals surface area (Å²) in [5, 5.41) is 58.3. The zero-order valence-corrected chi connectivity index (χ0v) is 12.8. The molecule has 0 radical (unpaired) electrons. The van der Waals surface area contributed by atoms with Crippen LogP contribution in [-0.2, 0) is 14.2 Å². The number of hydrogen-bond donors (Lipinski definition) is 6. The van der Waals surface area contributed by atoms with E-state index in [-0.39, 0.29) is 12.5 Å². The Kier molecular flexibility index (Phi) is 5.23. The summed E-state index contributed by atoms with van der Waals surface area (Å²) < 4.78 is 16.3. The van der Waals surface area contributed by atoms with Crippen molar-refractivity contribution >= 4 is 0 Å². The maximum Gasteiger partial charge on any atom is 0.209 e. The Balaban J connectivity index is 1.75. The van der Waals surface area contributed by atoms with Gasteiger partial charge in [-0.1, -0.05) is 6.08 Å². The van der Waals surface area contributed by atoms with Gasteiger partial charge in [-0.3, -0.25) is 0 Å². The Morgan fingerprint density at radius 3 is 2.42 bits per heavy atom. The molecule has 0 spiro atoms. The molecule has 6 N–H and O–H groups in total. The lowest BCUT2D eigenvalue weighted by Crippen LogP contribution is -2.60. The summed E-state index contributed by atoms with van der Waals surface area (Å²) in [5.41, 5.74) is 0.534. The largest absolute Gasteiger partial charge is 0.472 e. The van der Waals surface area contributed by atoms with Crippen LogP contribution in [0.3, 0.4) is 0 Å². The second kappa shape index (κ2) is 7.06. The Labute approximate surface area is 138 Å². The molecule has 24 heavy (non-hydrogen) atoms. The minimum absolute atomic E-state index is 0.288. The summed E-state index contributed by atoms with van der Waals surface area (Å²) in [4.78, 5) is 0. The predicted octanol–water partition coefficient (Wildman–Crippen LogP) is -2.80. The van der Waals surface area contributed by atoms with Gasteiger partial charge in [0.1, 0.15) is 24.4 Å². The van der Waals surface area contributed by atoms with Crippen LogP contribution in [0, 0.1) is 11.8 Å². The van der Waals surface area contributed by atoms with Gasteiger partial charge in [-0.15, -0.1) is 0 Å². The molecule has 1 aliphatic carbocycles. The standard InChI is InChI=1S/C15H22O9/c16-4-6-3-8(18)7-1-2-22-14(10(6)7)24-15-13(21)12(20)11(19)9(5-17)23-15/h1-3,7-21H,4-5H2/t7?,8-,9+,10?,11+,12-,13+,14-,15-/m0/s1. The summed E-state index contributed by atoms with van der Waals surface area (Å²) >= 11 is 0. The van der Waals surface area contributed by atoms with E-state index >= 15 is 0 Å². The fourth-order valence-corrected chi connectivity index (χ4v) is 3.38. The minimum atomic E-state index is -1.56. The number of aliphatic hydroxyl groups is 6. The molecule has 136 valence electrons. The van der Waals surface area contributed by atoms with Gasteiger partial charge in [0, 0.05) is 5.92 Å². The van der Waals surface area contributed by atoms with Gasteiger partial charge in [0.25, 0.3) is 0 Å². The molecule has 2 aliphatic heterocycles. The summed E-state index contributed by atoms with van der Waals surface area (Å²) in [5.74, 6) is -0.835. The lowest BCUT2D eigenvalue weighted by molar-refractivity contribution is -0.339. The zero-order valence-electron chi connectivity index (χ0n) is 12.8. The zero-order chi connectivity index (χ0) is 17.4. The molecule has 0 saturated carbocycles. The van der Waals surface area contributed by atoms with Crippen molar-refractivity contribution in [3.63, 3.8) is 0 Å². The van der Waals surface area contributed by atoms with Gasteiger partial charge in [-0.05, 0) is 11.6 Å². The third kappa shape index (κ3) is 2.98. The fourth-order valence-electron chi connectivity index (χ4n) is 3.38. The summed E-state index contributed by atoms with van der Waals surface area (Å²) in [6.07, 6.45) is -4.27. The molecule has 9 nitrogen and oxygen atoms in total. The maximum atomic E-state index is 10.0. The summed E-state index contributed by atoms with van der Waals surface area (Å²) in [7, 11) is 0. The third-order valence-electron chi connectivity index (χ3n) is 4.73. The molecule has 3 aliphatic rings. The molecule has 1 saturated heterocycles. The highest BCUT2D eigenvalue weighted by molar-refractivity contribution is 5.25. The van der Waals surface area contributed by atoms with Gasteiger partial charge in [0.05, 0.1) is 31.5 Å². The van der Waals surface area contributed by atoms with Gasteiger partial charge in [0.2, 0.25) is 6.29 Å². The minimum Gasteiger partial charge on any atom is -0.472 e. The highest BCUT2D eigenvalue weighted by Gasteiger charge is 2.49. The number of aliphatic hydroxyl groups excluding tert-OH is 6. The lowest BCUT2D eigenvalue weighted by atomic mass is 9.88. The molecule has 9 atom stereocenters. The van der Waals surface area contributed by atoms with Crippen LogP contribution in [0.2, 0.25) is 0 Å². The highest BCUT2D eigenvalue weighted by atomic mass is 16.8. The van der Waals surface area contributed by atoms with E-state index in [1.165, 1.54) is 12.3 Å². The molecular formula is C15H22O9. The molecule has 0 aromatic heterocycles. The van der Waals surface area contributed by atoms with Crippen molar-refractivity contribution in [3.8, 4) is 0 Å². The number of rotatable bonds is 4. The molecular weight excluding hydrogens is 324 g/mol. The number of fused-ring (bicyclic) bond motifs is 1. The smallest absolute Gasteiger partial charge is 0.209 e. The van der Waals surface area contributed by atoms with Crippen LogP contribution < -0.4 is 0 Å². The van der Waals surface area contributed by atoms with Gasteiger partial charge < -0.3 is 44.8 Å². The van der Waals surface area contributed by atoms with E-state index in [9.17, 15) is 30.6 Å². The second-order valence-electron chi connectivity index (χ2n) is 6.16. The Morgan fingerprint density at radius 1 is 1.00 bits per heavy atom. The second-order valence-corrected chi connectivity index (χ2v) is 6.16. The van der Waals surface area contributed by atoms with Crippen LogP contribution in [-0.4, -0.2) is 87.0 Å². The van der Waals surface area contributed by atoms with Crippen LogP contribution in [0.25, 0.3) is 0 Å². The van der Waals surface area contributed by atoms with E-state index in [2.05, 4.69) is 0 Å². The van der Waals surface area contributed by atoms with Gasteiger partial charge >= 0.3 is 0 Å².